The van der Waals surface area contributed by atoms with Gasteiger partial charge in [-0.2, -0.15) is 4.98 Å². The van der Waals surface area contributed by atoms with Crippen LogP contribution in [0.3, 0.4) is 0 Å². The molecule has 2 aromatic carbocycles. The summed E-state index contributed by atoms with van der Waals surface area (Å²) in [5.74, 6) is 0.913. The maximum Gasteiger partial charge on any atom is 0.257 e. The van der Waals surface area contributed by atoms with Crippen LogP contribution >= 0.6 is 15.9 Å². The number of hydrogen-bond acceptors (Lipinski definition) is 4. The van der Waals surface area contributed by atoms with Crippen LogP contribution < -0.4 is 5.32 Å². The fourth-order valence-corrected chi connectivity index (χ4v) is 2.55. The third-order valence-corrected chi connectivity index (χ3v) is 3.96. The van der Waals surface area contributed by atoms with Crippen molar-refractivity contribution in [2.75, 3.05) is 5.32 Å². The molecular weight excluding hydrogens is 358 g/mol. The molecule has 0 saturated heterocycles. The first-order valence-corrected chi connectivity index (χ1v) is 7.95. The highest BCUT2D eigenvalue weighted by atomic mass is 79.9. The van der Waals surface area contributed by atoms with Gasteiger partial charge >= 0.3 is 0 Å². The number of carbonyl (C=O) groups excluding carboxylic acids is 1. The van der Waals surface area contributed by atoms with E-state index in [1.165, 1.54) is 0 Å². The maximum atomic E-state index is 12.3. The first-order valence-electron chi connectivity index (χ1n) is 7.16. The van der Waals surface area contributed by atoms with Crippen LogP contribution in [0.1, 0.15) is 23.1 Å². The summed E-state index contributed by atoms with van der Waals surface area (Å²) in [6, 6.07) is 14.6. The van der Waals surface area contributed by atoms with Gasteiger partial charge in [0.1, 0.15) is 0 Å². The number of nitrogens with zero attached hydrogens (tertiary/aromatic N) is 2. The second-order valence-electron chi connectivity index (χ2n) is 4.88. The van der Waals surface area contributed by atoms with Crippen molar-refractivity contribution in [3.05, 3.63) is 64.4 Å². The van der Waals surface area contributed by atoms with Crippen molar-refractivity contribution in [3.8, 4) is 11.5 Å². The van der Waals surface area contributed by atoms with Gasteiger partial charge in [0.2, 0.25) is 0 Å². The minimum absolute atomic E-state index is 0.186. The highest BCUT2D eigenvalue weighted by Crippen LogP contribution is 2.23. The molecule has 0 radical (unpaired) electrons. The smallest absolute Gasteiger partial charge is 0.257 e. The van der Waals surface area contributed by atoms with Crippen LogP contribution in [-0.2, 0) is 6.42 Å². The highest BCUT2D eigenvalue weighted by Gasteiger charge is 2.12. The maximum absolute atomic E-state index is 12.3. The molecule has 0 spiro atoms. The lowest BCUT2D eigenvalue weighted by Crippen LogP contribution is -2.12. The molecule has 0 atom stereocenters. The monoisotopic (exact) mass is 371 g/mol. The molecule has 0 fully saturated rings. The lowest BCUT2D eigenvalue weighted by Gasteiger charge is -2.07. The molecule has 3 aromatic rings. The van der Waals surface area contributed by atoms with Crippen LogP contribution in [0.5, 0.6) is 0 Å². The zero-order valence-corrected chi connectivity index (χ0v) is 14.0. The first-order chi connectivity index (χ1) is 11.2. The Morgan fingerprint density at radius 2 is 2.04 bits per heavy atom. The SMILES string of the molecule is CCc1noc(-c2cccc(NC(=O)c3ccccc3Br)c2)n1. The standard InChI is InChI=1S/C17H14BrN3O2/c1-2-15-20-17(23-21-15)11-6-5-7-12(10-11)19-16(22)13-8-3-4-9-14(13)18/h3-10H,2H2,1H3,(H,19,22). The molecule has 5 nitrogen and oxygen atoms in total. The number of aryl methyl sites for hydroxylation is 1. The van der Waals surface area contributed by atoms with Crippen LogP contribution in [0, 0.1) is 0 Å². The summed E-state index contributed by atoms with van der Waals surface area (Å²) in [5.41, 5.74) is 2.01. The molecule has 0 aliphatic carbocycles. The molecule has 0 bridgehead atoms. The van der Waals surface area contributed by atoms with Crippen LogP contribution in [0.25, 0.3) is 11.5 Å². The van der Waals surface area contributed by atoms with Crippen molar-refractivity contribution in [3.63, 3.8) is 0 Å². The quantitative estimate of drug-likeness (QED) is 0.741. The van der Waals surface area contributed by atoms with Crippen LogP contribution in [0.15, 0.2) is 57.5 Å². The van der Waals surface area contributed by atoms with Crippen molar-refractivity contribution in [1.82, 2.24) is 10.1 Å². The summed E-state index contributed by atoms with van der Waals surface area (Å²) < 4.78 is 5.97. The molecule has 1 aromatic heterocycles. The van der Waals surface area contributed by atoms with Gasteiger partial charge in [-0.15, -0.1) is 0 Å². The van der Waals surface area contributed by atoms with Gasteiger partial charge in [0.15, 0.2) is 5.82 Å². The van der Waals surface area contributed by atoms with Crippen molar-refractivity contribution in [1.29, 1.82) is 0 Å². The van der Waals surface area contributed by atoms with Crippen LogP contribution in [-0.4, -0.2) is 16.0 Å². The normalized spacial score (nSPS) is 10.5. The molecule has 1 heterocycles. The predicted molar refractivity (Wildman–Crippen MR) is 91.2 cm³/mol. The number of halogens is 1. The van der Waals surface area contributed by atoms with Crippen LogP contribution in [0.2, 0.25) is 0 Å². The Morgan fingerprint density at radius 3 is 2.78 bits per heavy atom. The summed E-state index contributed by atoms with van der Waals surface area (Å²) in [5, 5.41) is 6.75. The summed E-state index contributed by atoms with van der Waals surface area (Å²) >= 11 is 3.38. The number of rotatable bonds is 4. The van der Waals surface area contributed by atoms with E-state index in [4.69, 9.17) is 4.52 Å². The fourth-order valence-electron chi connectivity index (χ4n) is 2.09. The van der Waals surface area contributed by atoms with E-state index in [9.17, 15) is 4.79 Å². The molecule has 6 heteroatoms. The summed E-state index contributed by atoms with van der Waals surface area (Å²) in [6.45, 7) is 1.96. The Hall–Kier alpha value is -2.47. The number of nitrogens with one attached hydrogen (secondary N) is 1. The Bertz CT molecular complexity index is 845. The average molecular weight is 372 g/mol. The summed E-state index contributed by atoms with van der Waals surface area (Å²) in [6.07, 6.45) is 0.710. The fraction of sp³-hybridized carbons (Fsp3) is 0.118. The molecule has 0 aliphatic rings. The number of amides is 1. The van der Waals surface area contributed by atoms with E-state index >= 15 is 0 Å². The van der Waals surface area contributed by atoms with E-state index in [2.05, 4.69) is 31.4 Å². The van der Waals surface area contributed by atoms with Gasteiger partial charge in [-0.1, -0.05) is 30.3 Å². The third kappa shape index (κ3) is 3.48. The van der Waals surface area contributed by atoms with E-state index in [1.807, 2.05) is 49.4 Å². The number of hydrogen-bond donors (Lipinski definition) is 1. The van der Waals surface area contributed by atoms with Gasteiger partial charge < -0.3 is 9.84 Å². The Labute approximate surface area is 141 Å². The molecule has 0 unspecified atom stereocenters. The molecule has 0 saturated carbocycles. The molecule has 23 heavy (non-hydrogen) atoms. The third-order valence-electron chi connectivity index (χ3n) is 3.27. The molecule has 3 rings (SSSR count). The van der Waals surface area contributed by atoms with Crippen molar-refractivity contribution in [2.24, 2.45) is 0 Å². The Kier molecular flexibility index (Phi) is 4.52. The lowest BCUT2D eigenvalue weighted by molar-refractivity contribution is 0.102. The van der Waals surface area contributed by atoms with Crippen LogP contribution in [0.4, 0.5) is 5.69 Å². The molecular formula is C17H14BrN3O2. The lowest BCUT2D eigenvalue weighted by atomic mass is 10.1. The minimum Gasteiger partial charge on any atom is -0.334 e. The van der Waals surface area contributed by atoms with E-state index in [0.29, 0.717) is 29.4 Å². The van der Waals surface area contributed by atoms with Gasteiger partial charge in [0.05, 0.1) is 5.56 Å². The Morgan fingerprint density at radius 1 is 1.22 bits per heavy atom. The molecule has 1 N–H and O–H groups in total. The zero-order valence-electron chi connectivity index (χ0n) is 12.4. The predicted octanol–water partition coefficient (Wildman–Crippen LogP) is 4.31. The molecule has 1 amide bonds. The van der Waals surface area contributed by atoms with E-state index in [0.717, 1.165) is 10.0 Å². The van der Waals surface area contributed by atoms with Crippen molar-refractivity contribution >= 4 is 27.5 Å². The second kappa shape index (κ2) is 6.75. The van der Waals surface area contributed by atoms with Gasteiger partial charge in [0, 0.05) is 22.1 Å². The molecule has 0 aliphatic heterocycles. The summed E-state index contributed by atoms with van der Waals surface area (Å²) in [4.78, 5) is 16.6. The highest BCUT2D eigenvalue weighted by molar-refractivity contribution is 9.10. The summed E-state index contributed by atoms with van der Waals surface area (Å²) in [7, 11) is 0. The second-order valence-corrected chi connectivity index (χ2v) is 5.74. The van der Waals surface area contributed by atoms with Gasteiger partial charge in [-0.05, 0) is 46.3 Å². The number of benzene rings is 2. The number of carbonyl (C=O) groups is 1. The largest absolute Gasteiger partial charge is 0.334 e. The van der Waals surface area contributed by atoms with E-state index < -0.39 is 0 Å². The van der Waals surface area contributed by atoms with Gasteiger partial charge in [-0.3, -0.25) is 4.79 Å². The van der Waals surface area contributed by atoms with Crippen molar-refractivity contribution < 1.29 is 9.32 Å². The first kappa shape index (κ1) is 15.4. The number of anilines is 1. The van der Waals surface area contributed by atoms with E-state index in [-0.39, 0.29) is 5.91 Å². The van der Waals surface area contributed by atoms with E-state index in [1.54, 1.807) is 6.07 Å². The molecule has 116 valence electrons. The zero-order chi connectivity index (χ0) is 16.2. The number of aromatic nitrogens is 2. The van der Waals surface area contributed by atoms with Crippen molar-refractivity contribution in [2.45, 2.75) is 13.3 Å². The van der Waals surface area contributed by atoms with Gasteiger partial charge in [0.25, 0.3) is 11.8 Å². The Balaban J connectivity index is 1.83. The minimum atomic E-state index is -0.186. The van der Waals surface area contributed by atoms with Gasteiger partial charge in [-0.25, -0.2) is 0 Å². The topological polar surface area (TPSA) is 68.0 Å². The average Bonchev–Trinajstić information content (AvgIpc) is 3.04.